The Morgan fingerprint density at radius 3 is 2.53 bits per heavy atom. The Kier molecular flexibility index (Phi) is 3.50. The second kappa shape index (κ2) is 5.28. The molecule has 0 atom stereocenters. The van der Waals surface area contributed by atoms with Gasteiger partial charge in [-0.1, -0.05) is 0 Å². The summed E-state index contributed by atoms with van der Waals surface area (Å²) in [4.78, 5) is 27.5. The maximum Gasteiger partial charge on any atom is 0.270 e. The number of amides is 2. The third-order valence-corrected chi connectivity index (χ3v) is 4.02. The fraction of sp³-hybridized carbons (Fsp3) is 0.769. The lowest BCUT2D eigenvalue weighted by Gasteiger charge is -2.35. The lowest BCUT2D eigenvalue weighted by molar-refractivity contribution is -0.126. The fourth-order valence-electron chi connectivity index (χ4n) is 2.61. The third kappa shape index (κ3) is 3.12. The van der Waals surface area contributed by atoms with Gasteiger partial charge in [-0.2, -0.15) is 5.10 Å². The second-order valence-corrected chi connectivity index (χ2v) is 5.63. The Labute approximate surface area is 112 Å². The van der Waals surface area contributed by atoms with Crippen molar-refractivity contribution in [2.75, 3.05) is 32.7 Å². The molecule has 2 amide bonds. The van der Waals surface area contributed by atoms with Crippen molar-refractivity contribution in [2.45, 2.75) is 25.7 Å². The number of carbonyl (C=O) groups is 2. The quantitative estimate of drug-likeness (QED) is 0.768. The molecule has 19 heavy (non-hydrogen) atoms. The van der Waals surface area contributed by atoms with Gasteiger partial charge in [0.15, 0.2) is 0 Å². The molecule has 0 aromatic heterocycles. The average molecular weight is 264 g/mol. The number of rotatable bonds is 3. The van der Waals surface area contributed by atoms with Gasteiger partial charge in [0.1, 0.15) is 5.71 Å². The van der Waals surface area contributed by atoms with E-state index in [1.165, 1.54) is 19.4 Å². The Hall–Kier alpha value is -1.43. The molecule has 2 aliphatic heterocycles. The van der Waals surface area contributed by atoms with Gasteiger partial charge in [-0.05, 0) is 18.8 Å². The van der Waals surface area contributed by atoms with Crippen molar-refractivity contribution in [3.8, 4) is 0 Å². The number of hydrazone groups is 1. The molecular formula is C13H20N4O2. The van der Waals surface area contributed by atoms with Crippen LogP contribution in [-0.2, 0) is 9.59 Å². The standard InChI is InChI=1S/C13H20N4O2/c18-12-4-3-11(14-15-12)13(19)17-7-5-16(6-8-17)9-10-1-2-10/h10H,1-9H2,(H,15,18). The van der Waals surface area contributed by atoms with E-state index in [0.29, 0.717) is 18.6 Å². The first-order valence-electron chi connectivity index (χ1n) is 7.09. The summed E-state index contributed by atoms with van der Waals surface area (Å²) in [5, 5.41) is 3.88. The number of nitrogens with one attached hydrogen (secondary N) is 1. The zero-order valence-corrected chi connectivity index (χ0v) is 11.1. The van der Waals surface area contributed by atoms with E-state index in [9.17, 15) is 9.59 Å². The zero-order chi connectivity index (χ0) is 13.2. The van der Waals surface area contributed by atoms with E-state index < -0.39 is 0 Å². The van der Waals surface area contributed by atoms with Crippen LogP contribution < -0.4 is 5.43 Å². The van der Waals surface area contributed by atoms with Gasteiger partial charge in [0.2, 0.25) is 5.91 Å². The minimum atomic E-state index is -0.106. The van der Waals surface area contributed by atoms with E-state index in [0.717, 1.165) is 32.1 Å². The monoisotopic (exact) mass is 264 g/mol. The Balaban J connectivity index is 1.50. The Bertz CT molecular complexity index is 409. The highest BCUT2D eigenvalue weighted by molar-refractivity contribution is 6.39. The van der Waals surface area contributed by atoms with Crippen LogP contribution in [0.25, 0.3) is 0 Å². The molecule has 1 saturated heterocycles. The number of hydrogen-bond donors (Lipinski definition) is 1. The molecule has 0 unspecified atom stereocenters. The van der Waals surface area contributed by atoms with Crippen LogP contribution in [0.15, 0.2) is 5.10 Å². The summed E-state index contributed by atoms with van der Waals surface area (Å²) in [5.74, 6) is 0.789. The highest BCUT2D eigenvalue weighted by atomic mass is 16.2. The van der Waals surface area contributed by atoms with Crippen LogP contribution >= 0.6 is 0 Å². The first-order chi connectivity index (χ1) is 9.22. The van der Waals surface area contributed by atoms with Crippen LogP contribution in [0.5, 0.6) is 0 Å². The SMILES string of the molecule is O=C1CCC(C(=O)N2CCN(CC3CC3)CC2)=NN1. The van der Waals surface area contributed by atoms with Crippen LogP contribution in [0.4, 0.5) is 0 Å². The number of carbonyl (C=O) groups excluding carboxylic acids is 2. The lowest BCUT2D eigenvalue weighted by Crippen LogP contribution is -2.51. The van der Waals surface area contributed by atoms with Gasteiger partial charge in [-0.25, -0.2) is 5.43 Å². The third-order valence-electron chi connectivity index (χ3n) is 4.02. The zero-order valence-electron chi connectivity index (χ0n) is 11.1. The number of piperazine rings is 1. The Morgan fingerprint density at radius 2 is 1.95 bits per heavy atom. The number of hydrogen-bond acceptors (Lipinski definition) is 4. The molecule has 2 fully saturated rings. The predicted octanol–water partition coefficient (Wildman–Crippen LogP) is -0.193. The van der Waals surface area contributed by atoms with Crippen LogP contribution in [0.1, 0.15) is 25.7 Å². The number of nitrogens with zero attached hydrogens (tertiary/aromatic N) is 3. The summed E-state index contributed by atoms with van der Waals surface area (Å²) < 4.78 is 0. The molecule has 0 aromatic carbocycles. The summed E-state index contributed by atoms with van der Waals surface area (Å²) in [7, 11) is 0. The molecule has 6 heteroatoms. The smallest absolute Gasteiger partial charge is 0.270 e. The largest absolute Gasteiger partial charge is 0.335 e. The first kappa shape index (κ1) is 12.6. The highest BCUT2D eigenvalue weighted by Gasteiger charge is 2.29. The molecule has 0 aromatic rings. The summed E-state index contributed by atoms with van der Waals surface area (Å²) >= 11 is 0. The van der Waals surface area contributed by atoms with Crippen molar-refractivity contribution in [3.63, 3.8) is 0 Å². The van der Waals surface area contributed by atoms with Crippen molar-refractivity contribution in [1.29, 1.82) is 0 Å². The maximum absolute atomic E-state index is 12.2. The summed E-state index contributed by atoms with van der Waals surface area (Å²) in [6.45, 7) is 4.67. The van der Waals surface area contributed by atoms with E-state index in [1.54, 1.807) is 0 Å². The van der Waals surface area contributed by atoms with Crippen molar-refractivity contribution < 1.29 is 9.59 Å². The van der Waals surface area contributed by atoms with Crippen molar-refractivity contribution in [3.05, 3.63) is 0 Å². The van der Waals surface area contributed by atoms with E-state index in [4.69, 9.17) is 0 Å². The van der Waals surface area contributed by atoms with Gasteiger partial charge in [-0.3, -0.25) is 14.5 Å². The molecular weight excluding hydrogens is 244 g/mol. The molecule has 1 saturated carbocycles. The van der Waals surface area contributed by atoms with Gasteiger partial charge < -0.3 is 4.90 Å². The molecule has 1 aliphatic carbocycles. The summed E-state index contributed by atoms with van der Waals surface area (Å²) in [6, 6.07) is 0. The van der Waals surface area contributed by atoms with E-state index >= 15 is 0 Å². The first-order valence-corrected chi connectivity index (χ1v) is 7.09. The minimum absolute atomic E-state index is 0.00827. The van der Waals surface area contributed by atoms with Gasteiger partial charge in [0.25, 0.3) is 5.91 Å². The van der Waals surface area contributed by atoms with Crippen molar-refractivity contribution >= 4 is 17.5 Å². The topological polar surface area (TPSA) is 65.0 Å². The molecule has 3 aliphatic rings. The van der Waals surface area contributed by atoms with Crippen LogP contribution in [0.2, 0.25) is 0 Å². The molecule has 2 heterocycles. The molecule has 0 radical (unpaired) electrons. The van der Waals surface area contributed by atoms with Gasteiger partial charge >= 0.3 is 0 Å². The average Bonchev–Trinajstić information content (AvgIpc) is 3.24. The molecule has 6 nitrogen and oxygen atoms in total. The van der Waals surface area contributed by atoms with Crippen molar-refractivity contribution in [1.82, 2.24) is 15.2 Å². The molecule has 1 N–H and O–H groups in total. The van der Waals surface area contributed by atoms with Gasteiger partial charge in [0, 0.05) is 45.6 Å². The predicted molar refractivity (Wildman–Crippen MR) is 70.6 cm³/mol. The Morgan fingerprint density at radius 1 is 1.21 bits per heavy atom. The molecule has 104 valence electrons. The van der Waals surface area contributed by atoms with E-state index in [2.05, 4.69) is 15.4 Å². The highest BCUT2D eigenvalue weighted by Crippen LogP contribution is 2.29. The maximum atomic E-state index is 12.2. The van der Waals surface area contributed by atoms with Crippen molar-refractivity contribution in [2.24, 2.45) is 11.0 Å². The van der Waals surface area contributed by atoms with E-state index in [1.807, 2.05) is 4.90 Å². The van der Waals surface area contributed by atoms with E-state index in [-0.39, 0.29) is 11.8 Å². The summed E-state index contributed by atoms with van der Waals surface area (Å²) in [6.07, 6.45) is 3.57. The minimum Gasteiger partial charge on any atom is -0.335 e. The molecule has 0 spiro atoms. The summed E-state index contributed by atoms with van der Waals surface area (Å²) in [5.41, 5.74) is 2.88. The lowest BCUT2D eigenvalue weighted by atomic mass is 10.1. The fourth-order valence-corrected chi connectivity index (χ4v) is 2.61. The normalized spacial score (nSPS) is 24.9. The van der Waals surface area contributed by atoms with Crippen LogP contribution in [0.3, 0.4) is 0 Å². The second-order valence-electron chi connectivity index (χ2n) is 5.63. The van der Waals surface area contributed by atoms with Crippen LogP contribution in [0, 0.1) is 5.92 Å². The van der Waals surface area contributed by atoms with Crippen LogP contribution in [-0.4, -0.2) is 60.0 Å². The van der Waals surface area contributed by atoms with Gasteiger partial charge in [-0.15, -0.1) is 0 Å². The molecule has 0 bridgehead atoms. The molecule has 3 rings (SSSR count). The van der Waals surface area contributed by atoms with Gasteiger partial charge in [0.05, 0.1) is 0 Å².